The molecule has 0 unspecified atom stereocenters. The van der Waals surface area contributed by atoms with E-state index in [9.17, 15) is 28.8 Å². The fourth-order valence-corrected chi connectivity index (χ4v) is 12.7. The Hall–Kier alpha value is -10.3. The number of rotatable bonds is 12. The summed E-state index contributed by atoms with van der Waals surface area (Å²) in [5.41, 5.74) is 10.0. The van der Waals surface area contributed by atoms with E-state index in [4.69, 9.17) is 85.3 Å². The lowest BCUT2D eigenvalue weighted by atomic mass is 9.87. The van der Waals surface area contributed by atoms with Gasteiger partial charge >= 0.3 is 35.8 Å². The lowest BCUT2D eigenvalue weighted by Gasteiger charge is -2.31. The second kappa shape index (κ2) is 24.4. The van der Waals surface area contributed by atoms with Gasteiger partial charge in [-0.25, -0.2) is 0 Å². The van der Waals surface area contributed by atoms with Crippen LogP contribution in [0.2, 0.25) is 0 Å². The third-order valence-electron chi connectivity index (χ3n) is 16.1. The second-order valence-corrected chi connectivity index (χ2v) is 22.2. The third kappa shape index (κ3) is 11.5. The maximum atomic E-state index is 12.7. The van der Waals surface area contributed by atoms with E-state index in [1.54, 1.807) is 0 Å². The Bertz CT molecular complexity index is 3200. The van der Waals surface area contributed by atoms with Crippen molar-refractivity contribution < 1.29 is 114 Å². The molecule has 0 spiro atoms. The van der Waals surface area contributed by atoms with Gasteiger partial charge in [0, 0.05) is 80.1 Å². The van der Waals surface area contributed by atoms with Gasteiger partial charge in [-0.15, -0.1) is 0 Å². The highest BCUT2D eigenvalue weighted by molar-refractivity contribution is 5.72. The summed E-state index contributed by atoms with van der Waals surface area (Å²) >= 11 is 0. The van der Waals surface area contributed by atoms with E-state index >= 15 is 0 Å². The Morgan fingerprint density at radius 3 is 0.444 bits per heavy atom. The van der Waals surface area contributed by atoms with Gasteiger partial charge in [-0.1, -0.05) is 0 Å². The van der Waals surface area contributed by atoms with Crippen molar-refractivity contribution in [3.8, 4) is 69.0 Å². The van der Waals surface area contributed by atoms with Gasteiger partial charge in [0.05, 0.1) is 33.4 Å². The summed E-state index contributed by atoms with van der Waals surface area (Å²) in [5.74, 6) is 0.506. The van der Waals surface area contributed by atoms with Crippen LogP contribution in [-0.4, -0.2) is 76.6 Å². The molecule has 12 bridgehead atoms. The predicted molar refractivity (Wildman–Crippen MR) is 305 cm³/mol. The van der Waals surface area contributed by atoms with Gasteiger partial charge in [0.1, 0.15) is 109 Å². The molecule has 0 saturated carbocycles. The molecule has 24 nitrogen and oxygen atoms in total. The summed E-state index contributed by atoms with van der Waals surface area (Å²) in [7, 11) is 0. The molecule has 0 atom stereocenters. The minimum absolute atomic E-state index is 0.129. The summed E-state index contributed by atoms with van der Waals surface area (Å²) in [4.78, 5) is 76.2. The van der Waals surface area contributed by atoms with Crippen molar-refractivity contribution in [3.05, 3.63) is 137 Å². The van der Waals surface area contributed by atoms with Crippen molar-refractivity contribution in [2.24, 2.45) is 0 Å². The van der Waals surface area contributed by atoms with Crippen LogP contribution < -0.4 is 56.8 Å². The van der Waals surface area contributed by atoms with Crippen molar-refractivity contribution in [1.29, 1.82) is 0 Å². The van der Waals surface area contributed by atoms with Crippen LogP contribution in [0.3, 0.4) is 0 Å². The predicted octanol–water partition coefficient (Wildman–Crippen LogP) is 8.30. The monoisotopic (exact) mass is 1240 g/mol. The van der Waals surface area contributed by atoms with E-state index in [1.165, 1.54) is 41.5 Å². The van der Waals surface area contributed by atoms with E-state index in [-0.39, 0.29) is 119 Å². The Morgan fingerprint density at radius 2 is 0.344 bits per heavy atom. The molecule has 90 heavy (non-hydrogen) atoms. The fraction of sp³-hybridized carbons (Fsp3) is 0.364. The summed E-state index contributed by atoms with van der Waals surface area (Å²) in [5, 5.41) is 0. The molecule has 24 heteroatoms. The Kier molecular flexibility index (Phi) is 15.9. The molecule has 6 aromatic carbocycles. The smallest absolute Gasteiger partial charge is 0.302 e. The van der Waals surface area contributed by atoms with Crippen LogP contribution in [-0.2, 0) is 135 Å². The normalized spacial score (nSPS) is 14.7. The minimum atomic E-state index is -0.562. The van der Waals surface area contributed by atoms with Crippen molar-refractivity contribution in [3.63, 3.8) is 0 Å². The van der Waals surface area contributed by atoms with Gasteiger partial charge in [-0.2, -0.15) is 0 Å². The first kappa shape index (κ1) is 58.7. The van der Waals surface area contributed by atoms with Crippen LogP contribution in [0.25, 0.3) is 0 Å². The summed E-state index contributed by atoms with van der Waals surface area (Å²) in [6.45, 7) is 3.90. The van der Waals surface area contributed by atoms with Crippen molar-refractivity contribution in [1.82, 2.24) is 0 Å². The zero-order chi connectivity index (χ0) is 62.5. The molecule has 0 radical (unpaired) electrons. The van der Waals surface area contributed by atoms with Gasteiger partial charge in [0.15, 0.2) is 0 Å². The maximum absolute atomic E-state index is 12.7. The molecule has 0 fully saturated rings. The molecular weight excluding hydrogens is 1180 g/mol. The first-order chi connectivity index (χ1) is 43.5. The lowest BCUT2D eigenvalue weighted by Crippen LogP contribution is -2.23. The van der Waals surface area contributed by atoms with Gasteiger partial charge in [0.2, 0.25) is 40.8 Å². The maximum Gasteiger partial charge on any atom is 0.302 e. The molecule has 1 aliphatic carbocycles. The average Bonchev–Trinajstić information content (AvgIpc) is 0.774. The van der Waals surface area contributed by atoms with Crippen LogP contribution in [0.4, 0.5) is 0 Å². The number of hydrogen-bond acceptors (Lipinski definition) is 24. The molecule has 13 rings (SSSR count). The highest BCUT2D eigenvalue weighted by atomic mass is 16.7. The number of ether oxygens (including phenoxy) is 18. The molecule has 6 heterocycles. The highest BCUT2D eigenvalue weighted by Crippen LogP contribution is 2.52. The van der Waals surface area contributed by atoms with E-state index in [0.29, 0.717) is 169 Å². The topological polar surface area (TPSA) is 269 Å². The Morgan fingerprint density at radius 1 is 0.233 bits per heavy atom. The molecule has 0 saturated heterocycles. The van der Waals surface area contributed by atoms with E-state index in [0.717, 1.165) is 0 Å². The van der Waals surface area contributed by atoms with Gasteiger partial charge in [0.25, 0.3) is 0 Å². The molecule has 6 aliphatic heterocycles. The molecule has 0 aromatic heterocycles. The molecule has 6 aromatic rings. The number of carbonyl (C=O) groups is 6. The zero-order valence-electron chi connectivity index (χ0n) is 50.0. The Balaban J connectivity index is 1.10. The van der Waals surface area contributed by atoms with Crippen molar-refractivity contribution in [2.45, 2.75) is 120 Å². The number of benzene rings is 6. The van der Waals surface area contributed by atoms with E-state index in [2.05, 4.69) is 0 Å². The quantitative estimate of drug-likeness (QED) is 0.0822. The second-order valence-electron chi connectivity index (χ2n) is 22.2. The summed E-state index contributed by atoms with van der Waals surface area (Å²) < 4.78 is 113. The van der Waals surface area contributed by atoms with Gasteiger partial charge in [-0.05, 0) is 103 Å². The average molecular weight is 1240 g/mol. The summed E-state index contributed by atoms with van der Waals surface area (Å²) in [6.07, 6.45) is 0.777. The van der Waals surface area contributed by atoms with Crippen molar-refractivity contribution >= 4 is 35.8 Å². The molecule has 0 amide bonds. The fourth-order valence-electron chi connectivity index (χ4n) is 12.7. The third-order valence-corrected chi connectivity index (χ3v) is 16.1. The van der Waals surface area contributed by atoms with E-state index in [1.807, 2.05) is 36.4 Å². The molecule has 468 valence electrons. The number of esters is 6. The number of hydrogen-bond donors (Lipinski definition) is 0. The summed E-state index contributed by atoms with van der Waals surface area (Å²) in [6, 6.07) is 11.7. The van der Waals surface area contributed by atoms with Crippen LogP contribution in [0.15, 0.2) is 36.4 Å². The lowest BCUT2D eigenvalue weighted by molar-refractivity contribution is -0.143. The van der Waals surface area contributed by atoms with Crippen LogP contribution in [0, 0.1) is 0 Å². The van der Waals surface area contributed by atoms with Gasteiger partial charge in [-0.3, -0.25) is 28.8 Å². The van der Waals surface area contributed by atoms with Crippen LogP contribution >= 0.6 is 0 Å². The molecular formula is C66H60O24. The first-order valence-corrected chi connectivity index (χ1v) is 28.9. The molecule has 7 aliphatic rings. The van der Waals surface area contributed by atoms with E-state index < -0.39 is 35.8 Å². The largest absolute Gasteiger partial charge is 0.461 e. The first-order valence-electron chi connectivity index (χ1n) is 28.9. The highest BCUT2D eigenvalue weighted by Gasteiger charge is 2.37. The minimum Gasteiger partial charge on any atom is -0.461 e. The Labute approximate surface area is 514 Å². The standard InChI is InChI=1S/C66H60O24/c1-31(67)73-19-49-55-37-7-38-14-40-9-42-16-44-11-46-18-48-12-47-17-45-10-43-15-41-8-39(13-37)57(81-25-79-55)50(20-74-32(2)68)59(41)83-27-85-61(43)52(22-76-34(4)70)63(45)87-29-89-65(47)54(24-78-36(6)72)66(48)90-30-88-64(46)53(23-77-35(5)71)62(44)86-28-84-60(42)51(21-75-33(3)69)58(40)82-26-80-56(38)49/h7-12H,13-30H2,1-6H3. The molecule has 0 N–H and O–H groups in total. The number of carbonyl (C=O) groups excluding carboxylic acids is 6. The SMILES string of the molecule is CC(=O)OCc1c2c3cc4c1OCOc1c(cc5c(c1COC(C)=O)OCOc1c(cc6c(c1COC(C)=O)OCOc1c(cc7c(c1COC(C)=O)OCOc1c(cc8c(c1COC(C)=O)OCOc1c(cc(c(c1COC(C)=O)OCO2)C3)C8)C7)C6)C5)C4. The van der Waals surface area contributed by atoms with Crippen molar-refractivity contribution in [2.75, 3.05) is 40.8 Å². The van der Waals surface area contributed by atoms with Crippen LogP contribution in [0.1, 0.15) is 142 Å². The van der Waals surface area contributed by atoms with Gasteiger partial charge < -0.3 is 85.3 Å². The zero-order valence-corrected chi connectivity index (χ0v) is 50.0. The van der Waals surface area contributed by atoms with Crippen LogP contribution in [0.5, 0.6) is 69.0 Å².